The summed E-state index contributed by atoms with van der Waals surface area (Å²) in [7, 11) is 0. The first-order valence-corrected chi connectivity index (χ1v) is 3.96. The van der Waals surface area contributed by atoms with Gasteiger partial charge >= 0.3 is 0 Å². The number of rotatable bonds is 4. The van der Waals surface area contributed by atoms with Crippen LogP contribution < -0.4 is 10.8 Å². The highest BCUT2D eigenvalue weighted by atomic mass is 16.7. The van der Waals surface area contributed by atoms with Gasteiger partial charge in [0, 0.05) is 12.1 Å². The third-order valence-electron chi connectivity index (χ3n) is 1.45. The second-order valence-corrected chi connectivity index (χ2v) is 2.44. The molecule has 72 valence electrons. The summed E-state index contributed by atoms with van der Waals surface area (Å²) in [6.45, 7) is 0.477. The summed E-state index contributed by atoms with van der Waals surface area (Å²) in [5, 5.41) is 11.3. The molecule has 0 fully saturated rings. The van der Waals surface area contributed by atoms with E-state index in [1.165, 1.54) is 0 Å². The van der Waals surface area contributed by atoms with E-state index in [1.54, 1.807) is 18.4 Å². The minimum absolute atomic E-state index is 0.0995. The highest BCUT2D eigenvalue weighted by Crippen LogP contribution is 1.97. The van der Waals surface area contributed by atoms with Crippen LogP contribution in [0.4, 0.5) is 0 Å². The monoisotopic (exact) mass is 184 g/mol. The fraction of sp³-hybridized carbons (Fsp3) is 0.375. The number of allylic oxidation sites excluding steroid dienone is 2. The number of carbonyl (C=O) groups is 1. The van der Waals surface area contributed by atoms with Crippen LogP contribution in [0.15, 0.2) is 23.9 Å². The molecule has 0 saturated carbocycles. The molecule has 5 heteroatoms. The van der Waals surface area contributed by atoms with Crippen molar-refractivity contribution in [3.8, 4) is 0 Å². The Bertz CT molecular complexity index is 236. The Morgan fingerprint density at radius 1 is 1.77 bits per heavy atom. The second-order valence-electron chi connectivity index (χ2n) is 2.44. The molecule has 1 rings (SSSR count). The predicted molar refractivity (Wildman–Crippen MR) is 46.4 cm³/mol. The lowest BCUT2D eigenvalue weighted by molar-refractivity contribution is -0.130. The van der Waals surface area contributed by atoms with Gasteiger partial charge in [-0.3, -0.25) is 9.63 Å². The summed E-state index contributed by atoms with van der Waals surface area (Å²) >= 11 is 0. The van der Waals surface area contributed by atoms with Crippen LogP contribution in [0.3, 0.4) is 0 Å². The number of hydrogen-bond acceptors (Lipinski definition) is 4. The summed E-state index contributed by atoms with van der Waals surface area (Å²) in [5.41, 5.74) is 2.81. The summed E-state index contributed by atoms with van der Waals surface area (Å²) in [4.78, 5) is 15.9. The van der Waals surface area contributed by atoms with Crippen LogP contribution in [-0.2, 0) is 9.63 Å². The van der Waals surface area contributed by atoms with Crippen LogP contribution in [0.25, 0.3) is 0 Å². The Balaban J connectivity index is 2.30. The van der Waals surface area contributed by atoms with E-state index in [-0.39, 0.29) is 19.1 Å². The lowest BCUT2D eigenvalue weighted by atomic mass is 10.2. The Kier molecular flexibility index (Phi) is 4.01. The van der Waals surface area contributed by atoms with E-state index in [4.69, 9.17) is 5.11 Å². The Morgan fingerprint density at radius 2 is 2.62 bits per heavy atom. The van der Waals surface area contributed by atoms with Crippen molar-refractivity contribution in [3.05, 3.63) is 23.9 Å². The maximum atomic E-state index is 11.2. The van der Waals surface area contributed by atoms with Gasteiger partial charge in [-0.05, 0) is 12.3 Å². The smallest absolute Gasteiger partial charge is 0.272 e. The molecule has 0 bridgehead atoms. The molecule has 13 heavy (non-hydrogen) atoms. The molecule has 0 aromatic rings. The predicted octanol–water partition coefficient (Wildman–Crippen LogP) is -0.930. The minimum Gasteiger partial charge on any atom is -0.394 e. The average Bonchev–Trinajstić information content (AvgIpc) is 2.19. The molecular weight excluding hydrogens is 172 g/mol. The number of amides is 1. The molecule has 3 N–H and O–H groups in total. The number of dihydropyridines is 1. The van der Waals surface area contributed by atoms with Crippen LogP contribution in [-0.4, -0.2) is 30.8 Å². The molecule has 5 nitrogen and oxygen atoms in total. The van der Waals surface area contributed by atoms with Crippen molar-refractivity contribution in [2.75, 3.05) is 19.8 Å². The quantitative estimate of drug-likeness (QED) is 0.390. The average molecular weight is 184 g/mol. The van der Waals surface area contributed by atoms with Crippen LogP contribution in [0, 0.1) is 0 Å². The Morgan fingerprint density at radius 3 is 3.23 bits per heavy atom. The van der Waals surface area contributed by atoms with E-state index >= 15 is 0 Å². The van der Waals surface area contributed by atoms with E-state index in [0.29, 0.717) is 12.1 Å². The highest BCUT2D eigenvalue weighted by molar-refractivity contribution is 5.93. The molecule has 0 saturated heterocycles. The molecular formula is C8H12N2O3. The number of aliphatic hydroxyl groups excluding tert-OH is 1. The number of hydroxylamine groups is 1. The molecule has 1 amide bonds. The van der Waals surface area contributed by atoms with Gasteiger partial charge < -0.3 is 10.4 Å². The number of carbonyl (C=O) groups excluding carboxylic acids is 1. The Hall–Kier alpha value is -1.33. The van der Waals surface area contributed by atoms with Gasteiger partial charge in [-0.2, -0.15) is 0 Å². The molecule has 0 aromatic heterocycles. The van der Waals surface area contributed by atoms with Crippen molar-refractivity contribution in [1.29, 1.82) is 0 Å². The first-order chi connectivity index (χ1) is 6.34. The molecule has 0 atom stereocenters. The zero-order chi connectivity index (χ0) is 9.52. The molecule has 0 aliphatic carbocycles. The lowest BCUT2D eigenvalue weighted by Crippen LogP contribution is -2.30. The third-order valence-corrected chi connectivity index (χ3v) is 1.45. The fourth-order valence-electron chi connectivity index (χ4n) is 0.844. The maximum absolute atomic E-state index is 11.2. The summed E-state index contributed by atoms with van der Waals surface area (Å²) in [6.07, 6.45) is 5.20. The van der Waals surface area contributed by atoms with Gasteiger partial charge in [-0.1, -0.05) is 6.08 Å². The maximum Gasteiger partial charge on any atom is 0.272 e. The van der Waals surface area contributed by atoms with Crippen molar-refractivity contribution >= 4 is 5.91 Å². The van der Waals surface area contributed by atoms with Crippen LogP contribution in [0.1, 0.15) is 0 Å². The topological polar surface area (TPSA) is 70.6 Å². The zero-order valence-electron chi connectivity index (χ0n) is 7.12. The number of nitrogens with one attached hydrogen (secondary N) is 2. The molecule has 0 unspecified atom stereocenters. The van der Waals surface area contributed by atoms with E-state index in [9.17, 15) is 4.79 Å². The molecule has 1 heterocycles. The molecule has 0 radical (unpaired) electrons. The first kappa shape index (κ1) is 9.76. The highest BCUT2D eigenvalue weighted by Gasteiger charge is 2.08. The van der Waals surface area contributed by atoms with Crippen molar-refractivity contribution in [1.82, 2.24) is 10.8 Å². The van der Waals surface area contributed by atoms with Gasteiger partial charge in [-0.25, -0.2) is 5.48 Å². The van der Waals surface area contributed by atoms with E-state index in [2.05, 4.69) is 15.6 Å². The molecule has 1 aliphatic rings. The van der Waals surface area contributed by atoms with Crippen molar-refractivity contribution in [3.63, 3.8) is 0 Å². The first-order valence-electron chi connectivity index (χ1n) is 3.96. The Labute approximate surface area is 76.0 Å². The van der Waals surface area contributed by atoms with Crippen LogP contribution >= 0.6 is 0 Å². The standard InChI is InChI=1S/C8H12N2O3/c11-4-5-13-10-8(12)7-2-1-3-9-6-7/h1-3,9,11H,4-6H2,(H,10,12). The van der Waals surface area contributed by atoms with E-state index in [1.807, 2.05) is 0 Å². The second kappa shape index (κ2) is 5.34. The summed E-state index contributed by atoms with van der Waals surface area (Å²) in [5.74, 6) is -0.287. The normalized spacial score (nSPS) is 14.7. The molecule has 0 spiro atoms. The van der Waals surface area contributed by atoms with Gasteiger partial charge in [0.25, 0.3) is 5.91 Å². The SMILES string of the molecule is O=C(NOCCO)C1=CC=CNC1. The van der Waals surface area contributed by atoms with Gasteiger partial charge in [-0.15, -0.1) is 0 Å². The van der Waals surface area contributed by atoms with Gasteiger partial charge in [0.15, 0.2) is 0 Å². The molecule has 0 aromatic carbocycles. The van der Waals surface area contributed by atoms with Crippen LogP contribution in [0.2, 0.25) is 0 Å². The largest absolute Gasteiger partial charge is 0.394 e. The zero-order valence-corrected chi connectivity index (χ0v) is 7.12. The third kappa shape index (κ3) is 3.27. The summed E-state index contributed by atoms with van der Waals surface area (Å²) in [6, 6.07) is 0. The van der Waals surface area contributed by atoms with Crippen LogP contribution in [0.5, 0.6) is 0 Å². The lowest BCUT2D eigenvalue weighted by Gasteiger charge is -2.10. The van der Waals surface area contributed by atoms with Crippen molar-refractivity contribution < 1.29 is 14.7 Å². The van der Waals surface area contributed by atoms with E-state index < -0.39 is 0 Å². The van der Waals surface area contributed by atoms with Crippen molar-refractivity contribution in [2.45, 2.75) is 0 Å². The summed E-state index contributed by atoms with van der Waals surface area (Å²) < 4.78 is 0. The van der Waals surface area contributed by atoms with Crippen molar-refractivity contribution in [2.24, 2.45) is 0 Å². The fourth-order valence-corrected chi connectivity index (χ4v) is 0.844. The minimum atomic E-state index is -0.287. The van der Waals surface area contributed by atoms with E-state index in [0.717, 1.165) is 0 Å². The number of hydrogen-bond donors (Lipinski definition) is 3. The van der Waals surface area contributed by atoms with Gasteiger partial charge in [0.2, 0.25) is 0 Å². The van der Waals surface area contributed by atoms with Gasteiger partial charge in [0.05, 0.1) is 13.2 Å². The van der Waals surface area contributed by atoms with Gasteiger partial charge in [0.1, 0.15) is 0 Å². The number of aliphatic hydroxyl groups is 1. The molecule has 1 aliphatic heterocycles.